The van der Waals surface area contributed by atoms with E-state index in [4.69, 9.17) is 4.74 Å². The number of imidazole rings is 1. The topological polar surface area (TPSA) is 69.0 Å². The molecule has 0 aliphatic rings. The maximum absolute atomic E-state index is 12.3. The molecular formula is C17H18N4O2. The largest absolute Gasteiger partial charge is 0.496 e. The number of hydrogen-bond donors (Lipinski definition) is 1. The number of aromatic nitrogens is 3. The summed E-state index contributed by atoms with van der Waals surface area (Å²) in [6.07, 6.45) is 3.63. The molecule has 1 aromatic carbocycles. The Morgan fingerprint density at radius 1 is 1.35 bits per heavy atom. The molecule has 0 aliphatic heterocycles. The number of ether oxygens (including phenoxy) is 1. The van der Waals surface area contributed by atoms with Crippen molar-refractivity contribution in [2.45, 2.75) is 13.5 Å². The molecular weight excluding hydrogens is 292 g/mol. The van der Waals surface area contributed by atoms with E-state index >= 15 is 0 Å². The molecule has 0 aliphatic carbocycles. The number of methoxy groups -OCH3 is 1. The number of benzene rings is 1. The zero-order valence-corrected chi connectivity index (χ0v) is 13.1. The molecule has 0 fully saturated rings. The fourth-order valence-electron chi connectivity index (χ4n) is 2.45. The smallest absolute Gasteiger partial charge is 0.270 e. The lowest BCUT2D eigenvalue weighted by atomic mass is 10.2. The van der Waals surface area contributed by atoms with Gasteiger partial charge in [0.1, 0.15) is 17.3 Å². The summed E-state index contributed by atoms with van der Waals surface area (Å²) in [6.45, 7) is 3.10. The van der Waals surface area contributed by atoms with Gasteiger partial charge in [0.05, 0.1) is 12.6 Å². The standard InChI is InChI=1S/C17H18N4O2/c1-12-18-7-9-21(12)10-8-19-17(22)15-11-16(23-2)13-5-3-4-6-14(13)20-15/h3-7,9,11H,8,10H2,1-2H3,(H,19,22). The molecule has 0 saturated carbocycles. The van der Waals surface area contributed by atoms with Crippen LogP contribution in [0, 0.1) is 6.92 Å². The first-order chi connectivity index (χ1) is 11.2. The molecule has 0 spiro atoms. The minimum absolute atomic E-state index is 0.216. The van der Waals surface area contributed by atoms with Gasteiger partial charge in [0, 0.05) is 36.9 Å². The lowest BCUT2D eigenvalue weighted by Crippen LogP contribution is -2.28. The molecule has 2 heterocycles. The van der Waals surface area contributed by atoms with Crippen LogP contribution in [-0.2, 0) is 6.54 Å². The van der Waals surface area contributed by atoms with Crippen molar-refractivity contribution in [2.75, 3.05) is 13.7 Å². The number of nitrogens with one attached hydrogen (secondary N) is 1. The van der Waals surface area contributed by atoms with Gasteiger partial charge in [-0.15, -0.1) is 0 Å². The summed E-state index contributed by atoms with van der Waals surface area (Å²) >= 11 is 0. The highest BCUT2D eigenvalue weighted by molar-refractivity contribution is 5.96. The molecule has 1 amide bonds. The predicted octanol–water partition coefficient (Wildman–Crippen LogP) is 2.18. The fourth-order valence-corrected chi connectivity index (χ4v) is 2.45. The molecule has 0 saturated heterocycles. The van der Waals surface area contributed by atoms with E-state index in [0.29, 0.717) is 24.5 Å². The summed E-state index contributed by atoms with van der Waals surface area (Å²) in [5, 5.41) is 3.76. The highest BCUT2D eigenvalue weighted by Crippen LogP contribution is 2.24. The van der Waals surface area contributed by atoms with E-state index in [2.05, 4.69) is 15.3 Å². The zero-order chi connectivity index (χ0) is 16.2. The number of amides is 1. The van der Waals surface area contributed by atoms with Crippen LogP contribution in [0.5, 0.6) is 5.75 Å². The molecule has 0 bridgehead atoms. The normalized spacial score (nSPS) is 10.7. The van der Waals surface area contributed by atoms with Gasteiger partial charge in [-0.2, -0.15) is 0 Å². The molecule has 118 valence electrons. The number of para-hydroxylation sites is 1. The van der Waals surface area contributed by atoms with Crippen molar-refractivity contribution >= 4 is 16.8 Å². The molecule has 2 aromatic heterocycles. The highest BCUT2D eigenvalue weighted by Gasteiger charge is 2.12. The van der Waals surface area contributed by atoms with Crippen molar-refractivity contribution < 1.29 is 9.53 Å². The number of carbonyl (C=O) groups is 1. The van der Waals surface area contributed by atoms with Crippen molar-refractivity contribution in [3.63, 3.8) is 0 Å². The van der Waals surface area contributed by atoms with Crippen LogP contribution in [0.25, 0.3) is 10.9 Å². The van der Waals surface area contributed by atoms with Gasteiger partial charge < -0.3 is 14.6 Å². The number of pyridine rings is 1. The number of fused-ring (bicyclic) bond motifs is 1. The molecule has 3 aromatic rings. The Bertz CT molecular complexity index is 841. The molecule has 6 nitrogen and oxygen atoms in total. The molecule has 3 rings (SSSR count). The number of nitrogens with zero attached hydrogens (tertiary/aromatic N) is 3. The van der Waals surface area contributed by atoms with Gasteiger partial charge in [-0.1, -0.05) is 12.1 Å². The average Bonchev–Trinajstić information content (AvgIpc) is 2.98. The molecule has 6 heteroatoms. The minimum atomic E-state index is -0.216. The third kappa shape index (κ3) is 3.15. The summed E-state index contributed by atoms with van der Waals surface area (Å²) in [7, 11) is 1.59. The second-order valence-electron chi connectivity index (χ2n) is 5.15. The van der Waals surface area contributed by atoms with Gasteiger partial charge in [-0.25, -0.2) is 9.97 Å². The van der Waals surface area contributed by atoms with E-state index < -0.39 is 0 Å². The third-order valence-corrected chi connectivity index (χ3v) is 3.69. The predicted molar refractivity (Wildman–Crippen MR) is 87.6 cm³/mol. The SMILES string of the molecule is COc1cc(C(=O)NCCn2ccnc2C)nc2ccccc12. The summed E-state index contributed by atoms with van der Waals surface area (Å²) in [6, 6.07) is 9.26. The lowest BCUT2D eigenvalue weighted by Gasteiger charge is -2.10. The van der Waals surface area contributed by atoms with E-state index in [0.717, 1.165) is 16.7 Å². The van der Waals surface area contributed by atoms with Crippen LogP contribution in [0.2, 0.25) is 0 Å². The van der Waals surface area contributed by atoms with E-state index in [1.165, 1.54) is 0 Å². The van der Waals surface area contributed by atoms with Gasteiger partial charge in [0.15, 0.2) is 0 Å². The molecule has 0 radical (unpaired) electrons. The van der Waals surface area contributed by atoms with Gasteiger partial charge >= 0.3 is 0 Å². The summed E-state index contributed by atoms with van der Waals surface area (Å²) < 4.78 is 7.35. The first kappa shape index (κ1) is 15.0. The number of rotatable bonds is 5. The van der Waals surface area contributed by atoms with Crippen LogP contribution in [-0.4, -0.2) is 34.1 Å². The van der Waals surface area contributed by atoms with Crippen LogP contribution in [0.4, 0.5) is 0 Å². The number of aryl methyl sites for hydroxylation is 1. The highest BCUT2D eigenvalue weighted by atomic mass is 16.5. The van der Waals surface area contributed by atoms with E-state index in [9.17, 15) is 4.79 Å². The maximum Gasteiger partial charge on any atom is 0.270 e. The average molecular weight is 310 g/mol. The van der Waals surface area contributed by atoms with Gasteiger partial charge in [-0.05, 0) is 19.1 Å². The summed E-state index contributed by atoms with van der Waals surface area (Å²) in [5.74, 6) is 1.35. The van der Waals surface area contributed by atoms with Gasteiger partial charge in [0.25, 0.3) is 5.91 Å². The Labute approximate surface area is 134 Å². The van der Waals surface area contributed by atoms with E-state index in [-0.39, 0.29) is 5.91 Å². The monoisotopic (exact) mass is 310 g/mol. The minimum Gasteiger partial charge on any atom is -0.496 e. The van der Waals surface area contributed by atoms with Crippen molar-refractivity contribution in [2.24, 2.45) is 0 Å². The van der Waals surface area contributed by atoms with Crippen LogP contribution in [0.1, 0.15) is 16.3 Å². The Morgan fingerprint density at radius 3 is 2.91 bits per heavy atom. The zero-order valence-electron chi connectivity index (χ0n) is 13.1. The van der Waals surface area contributed by atoms with E-state index in [1.54, 1.807) is 19.4 Å². The third-order valence-electron chi connectivity index (χ3n) is 3.69. The van der Waals surface area contributed by atoms with Crippen molar-refractivity contribution in [3.8, 4) is 5.75 Å². The Hall–Kier alpha value is -2.89. The second kappa shape index (κ2) is 6.48. The van der Waals surface area contributed by atoms with Gasteiger partial charge in [0.2, 0.25) is 0 Å². The summed E-state index contributed by atoms with van der Waals surface area (Å²) in [5.41, 5.74) is 1.09. The molecule has 0 atom stereocenters. The summed E-state index contributed by atoms with van der Waals surface area (Å²) in [4.78, 5) is 20.9. The lowest BCUT2D eigenvalue weighted by molar-refractivity contribution is 0.0947. The number of carbonyl (C=O) groups excluding carboxylic acids is 1. The van der Waals surface area contributed by atoms with Crippen LogP contribution in [0.3, 0.4) is 0 Å². The van der Waals surface area contributed by atoms with Gasteiger partial charge in [-0.3, -0.25) is 4.79 Å². The fraction of sp³-hybridized carbons (Fsp3) is 0.235. The molecule has 0 unspecified atom stereocenters. The Morgan fingerprint density at radius 2 is 2.17 bits per heavy atom. The Balaban J connectivity index is 1.74. The maximum atomic E-state index is 12.3. The van der Waals surface area contributed by atoms with Crippen LogP contribution in [0.15, 0.2) is 42.7 Å². The number of hydrogen-bond acceptors (Lipinski definition) is 4. The van der Waals surface area contributed by atoms with Crippen LogP contribution >= 0.6 is 0 Å². The molecule has 23 heavy (non-hydrogen) atoms. The first-order valence-electron chi connectivity index (χ1n) is 7.39. The van der Waals surface area contributed by atoms with E-state index in [1.807, 2.05) is 42.0 Å². The molecule has 1 N–H and O–H groups in total. The quantitative estimate of drug-likeness (QED) is 0.784. The van der Waals surface area contributed by atoms with Crippen molar-refractivity contribution in [3.05, 3.63) is 54.2 Å². The second-order valence-corrected chi connectivity index (χ2v) is 5.15. The van der Waals surface area contributed by atoms with Crippen molar-refractivity contribution in [1.82, 2.24) is 19.9 Å². The Kier molecular flexibility index (Phi) is 4.23. The van der Waals surface area contributed by atoms with Crippen molar-refractivity contribution in [1.29, 1.82) is 0 Å². The first-order valence-corrected chi connectivity index (χ1v) is 7.39. The van der Waals surface area contributed by atoms with Crippen LogP contribution < -0.4 is 10.1 Å².